The van der Waals surface area contributed by atoms with Crippen molar-refractivity contribution < 1.29 is 14.3 Å². The van der Waals surface area contributed by atoms with Crippen molar-refractivity contribution in [2.75, 3.05) is 20.8 Å². The molecule has 114 valence electrons. The van der Waals surface area contributed by atoms with E-state index in [0.717, 1.165) is 25.8 Å². The number of nitrogens with zero attached hydrogens (tertiary/aromatic N) is 1. The van der Waals surface area contributed by atoms with Crippen LogP contribution in [0.1, 0.15) is 19.3 Å². The number of allylic oxidation sites excluding steroid dienone is 1. The topological polar surface area (TPSA) is 38.8 Å². The first-order chi connectivity index (χ1) is 10.1. The minimum Gasteiger partial charge on any atom is -0.453 e. The monoisotopic (exact) mass is 289 g/mol. The van der Waals surface area contributed by atoms with Crippen molar-refractivity contribution in [3.8, 4) is 0 Å². The van der Waals surface area contributed by atoms with Gasteiger partial charge in [-0.2, -0.15) is 0 Å². The first kappa shape index (κ1) is 14.4. The molecule has 1 amide bonds. The Kier molecular flexibility index (Phi) is 3.66. The maximum Gasteiger partial charge on any atom is 0.410 e. The van der Waals surface area contributed by atoms with Crippen LogP contribution in [0.4, 0.5) is 4.79 Å². The normalized spacial score (nSPS) is 36.4. The van der Waals surface area contributed by atoms with Crippen LogP contribution in [0, 0.1) is 11.8 Å². The Morgan fingerprint density at radius 2 is 2.38 bits per heavy atom. The van der Waals surface area contributed by atoms with Crippen LogP contribution in [-0.4, -0.2) is 43.4 Å². The van der Waals surface area contributed by atoms with E-state index in [1.54, 1.807) is 7.11 Å². The smallest absolute Gasteiger partial charge is 0.410 e. The molecule has 0 bridgehead atoms. The molecule has 1 aliphatic heterocycles. The second-order valence-corrected chi connectivity index (χ2v) is 6.12. The van der Waals surface area contributed by atoms with E-state index < -0.39 is 0 Å². The van der Waals surface area contributed by atoms with Gasteiger partial charge in [0.05, 0.1) is 18.8 Å². The molecule has 4 unspecified atom stereocenters. The van der Waals surface area contributed by atoms with E-state index in [9.17, 15) is 4.79 Å². The predicted molar refractivity (Wildman–Crippen MR) is 80.9 cm³/mol. The molecule has 0 aromatic rings. The van der Waals surface area contributed by atoms with Crippen molar-refractivity contribution in [2.45, 2.75) is 30.9 Å². The van der Waals surface area contributed by atoms with Crippen molar-refractivity contribution in [3.63, 3.8) is 0 Å². The van der Waals surface area contributed by atoms with E-state index in [1.165, 1.54) is 12.7 Å². The molecule has 0 spiro atoms. The summed E-state index contributed by atoms with van der Waals surface area (Å²) in [5, 5.41) is 0. The van der Waals surface area contributed by atoms with E-state index in [4.69, 9.17) is 9.47 Å². The van der Waals surface area contributed by atoms with E-state index >= 15 is 0 Å². The summed E-state index contributed by atoms with van der Waals surface area (Å²) < 4.78 is 10.7. The van der Waals surface area contributed by atoms with Crippen molar-refractivity contribution in [1.29, 1.82) is 0 Å². The maximum absolute atomic E-state index is 12.1. The standard InChI is InChI=1S/C17H23NO3/c1-4-5-6-15-14-9-13-7-8-17(13,21-3)10-12(14)11-18(15)16(19)20-2/h4,7-9,12-13,15H,1,5-6,10-11H2,2-3H3. The Balaban J connectivity index is 1.87. The quantitative estimate of drug-likeness (QED) is 0.747. The van der Waals surface area contributed by atoms with Gasteiger partial charge in [-0.3, -0.25) is 0 Å². The average molecular weight is 289 g/mol. The zero-order chi connectivity index (χ0) is 15.0. The molecular formula is C17H23NO3. The lowest BCUT2D eigenvalue weighted by Crippen LogP contribution is -2.47. The fourth-order valence-corrected chi connectivity index (χ4v) is 3.97. The highest BCUT2D eigenvalue weighted by Gasteiger charge is 2.51. The van der Waals surface area contributed by atoms with Crippen molar-refractivity contribution in [2.24, 2.45) is 11.8 Å². The molecule has 3 rings (SSSR count). The van der Waals surface area contributed by atoms with Crippen LogP contribution in [0.5, 0.6) is 0 Å². The second-order valence-electron chi connectivity index (χ2n) is 6.12. The van der Waals surface area contributed by atoms with Crippen LogP contribution < -0.4 is 0 Å². The summed E-state index contributed by atoms with van der Waals surface area (Å²) in [6.45, 7) is 4.52. The minimum atomic E-state index is -0.230. The fourth-order valence-electron chi connectivity index (χ4n) is 3.97. The van der Waals surface area contributed by atoms with Gasteiger partial charge in [0, 0.05) is 25.5 Å². The highest BCUT2D eigenvalue weighted by molar-refractivity contribution is 5.69. The highest BCUT2D eigenvalue weighted by atomic mass is 16.5. The SMILES string of the molecule is C=CCCC1C2=CC3C=CC3(OC)CC2CN1C(=O)OC. The summed E-state index contributed by atoms with van der Waals surface area (Å²) in [4.78, 5) is 13.9. The van der Waals surface area contributed by atoms with E-state index in [0.29, 0.717) is 11.8 Å². The van der Waals surface area contributed by atoms with Crippen LogP contribution >= 0.6 is 0 Å². The third-order valence-electron chi connectivity index (χ3n) is 5.17. The van der Waals surface area contributed by atoms with Gasteiger partial charge in [-0.05, 0) is 24.8 Å². The lowest BCUT2D eigenvalue weighted by atomic mass is 9.65. The van der Waals surface area contributed by atoms with Gasteiger partial charge in [0.25, 0.3) is 0 Å². The molecule has 4 heteroatoms. The van der Waals surface area contributed by atoms with Gasteiger partial charge < -0.3 is 14.4 Å². The number of carbonyl (C=O) groups excluding carboxylic acids is 1. The van der Waals surface area contributed by atoms with Crippen LogP contribution in [-0.2, 0) is 9.47 Å². The minimum absolute atomic E-state index is 0.143. The molecule has 0 aromatic heterocycles. The van der Waals surface area contributed by atoms with Gasteiger partial charge in [-0.25, -0.2) is 4.79 Å². The number of methoxy groups -OCH3 is 2. The molecule has 4 nitrogen and oxygen atoms in total. The van der Waals surface area contributed by atoms with Gasteiger partial charge in [0.2, 0.25) is 0 Å². The molecule has 0 aromatic carbocycles. The lowest BCUT2D eigenvalue weighted by Gasteiger charge is -2.46. The molecular weight excluding hydrogens is 266 g/mol. The molecule has 3 aliphatic rings. The molecule has 1 heterocycles. The first-order valence-corrected chi connectivity index (χ1v) is 7.57. The molecule has 0 saturated carbocycles. The number of fused-ring (bicyclic) bond motifs is 2. The Morgan fingerprint density at radius 3 is 2.95 bits per heavy atom. The molecule has 1 saturated heterocycles. The van der Waals surface area contributed by atoms with Crippen molar-refractivity contribution in [3.05, 3.63) is 36.5 Å². The number of hydrogen-bond acceptors (Lipinski definition) is 3. The third kappa shape index (κ3) is 2.13. The van der Waals surface area contributed by atoms with E-state index in [2.05, 4.69) is 24.8 Å². The lowest BCUT2D eigenvalue weighted by molar-refractivity contribution is -0.0265. The maximum atomic E-state index is 12.1. The second kappa shape index (κ2) is 5.34. The Bertz CT molecular complexity index is 510. The number of rotatable bonds is 4. The summed E-state index contributed by atoms with van der Waals surface area (Å²) in [6.07, 6.45) is 11.1. The zero-order valence-electron chi connectivity index (χ0n) is 12.7. The van der Waals surface area contributed by atoms with E-state index in [1.807, 2.05) is 11.0 Å². The third-order valence-corrected chi connectivity index (χ3v) is 5.17. The predicted octanol–water partition coefficient (Wildman–Crippen LogP) is 2.92. The van der Waals surface area contributed by atoms with Crippen molar-refractivity contribution >= 4 is 6.09 Å². The number of hydrogen-bond donors (Lipinski definition) is 0. The number of amides is 1. The van der Waals surface area contributed by atoms with E-state index in [-0.39, 0.29) is 17.7 Å². The van der Waals surface area contributed by atoms with Gasteiger partial charge in [0.1, 0.15) is 0 Å². The summed E-state index contributed by atoms with van der Waals surface area (Å²) in [5.74, 6) is 0.720. The molecule has 0 radical (unpaired) electrons. The molecule has 2 aliphatic carbocycles. The number of likely N-dealkylation sites (tertiary alicyclic amines) is 1. The van der Waals surface area contributed by atoms with Gasteiger partial charge in [-0.1, -0.05) is 24.3 Å². The van der Waals surface area contributed by atoms with Crippen LogP contribution in [0.3, 0.4) is 0 Å². The molecule has 0 N–H and O–H groups in total. The molecule has 4 atom stereocenters. The average Bonchev–Trinajstić information content (AvgIpc) is 2.83. The first-order valence-electron chi connectivity index (χ1n) is 7.57. The van der Waals surface area contributed by atoms with Gasteiger partial charge in [-0.15, -0.1) is 6.58 Å². The summed E-state index contributed by atoms with van der Waals surface area (Å²) in [6, 6.07) is 0.143. The fraction of sp³-hybridized carbons (Fsp3) is 0.588. The van der Waals surface area contributed by atoms with Crippen LogP contribution in [0.25, 0.3) is 0 Å². The largest absolute Gasteiger partial charge is 0.453 e. The van der Waals surface area contributed by atoms with Gasteiger partial charge in [0.15, 0.2) is 0 Å². The summed E-state index contributed by atoms with van der Waals surface area (Å²) in [7, 11) is 3.22. The van der Waals surface area contributed by atoms with Crippen LogP contribution in [0.15, 0.2) is 36.5 Å². The van der Waals surface area contributed by atoms with Gasteiger partial charge >= 0.3 is 6.09 Å². The zero-order valence-corrected chi connectivity index (χ0v) is 12.7. The molecule has 1 fully saturated rings. The molecule has 21 heavy (non-hydrogen) atoms. The summed E-state index contributed by atoms with van der Waals surface area (Å²) in [5.41, 5.74) is 1.23. The Morgan fingerprint density at radius 1 is 1.57 bits per heavy atom. The van der Waals surface area contributed by atoms with Crippen molar-refractivity contribution in [1.82, 2.24) is 4.90 Å². The Labute approximate surface area is 126 Å². The highest BCUT2D eigenvalue weighted by Crippen LogP contribution is 2.50. The number of ether oxygens (including phenoxy) is 2. The number of carbonyl (C=O) groups is 1. The summed E-state index contributed by atoms with van der Waals surface area (Å²) >= 11 is 0. The Hall–Kier alpha value is -1.55. The van der Waals surface area contributed by atoms with Crippen LogP contribution in [0.2, 0.25) is 0 Å².